The Labute approximate surface area is 175 Å². The van der Waals surface area contributed by atoms with Crippen molar-refractivity contribution >= 4 is 23.5 Å². The molecule has 152 valence electrons. The summed E-state index contributed by atoms with van der Waals surface area (Å²) in [5.74, 6) is 0.880. The molecule has 2 heterocycles. The topological polar surface area (TPSA) is 80.4 Å². The zero-order chi connectivity index (χ0) is 20.1. The molecule has 2 aromatic rings. The second kappa shape index (κ2) is 7.10. The van der Waals surface area contributed by atoms with Crippen LogP contribution in [0.5, 0.6) is 0 Å². The highest BCUT2D eigenvalue weighted by atomic mass is 35.5. The number of nitrogens with one attached hydrogen (secondary N) is 1. The maximum absolute atomic E-state index is 12.9. The van der Waals surface area contributed by atoms with Crippen molar-refractivity contribution in [2.24, 2.45) is 17.6 Å². The molecule has 1 aromatic heterocycles. The number of hydrogen-bond acceptors (Lipinski definition) is 2. The molecule has 0 radical (unpaired) electrons. The number of fused-ring (bicyclic) bond motifs is 3. The van der Waals surface area contributed by atoms with Gasteiger partial charge in [0, 0.05) is 24.7 Å². The highest BCUT2D eigenvalue weighted by Gasteiger charge is 2.41. The highest BCUT2D eigenvalue weighted by molar-refractivity contribution is 6.33. The van der Waals surface area contributed by atoms with Gasteiger partial charge < -0.3 is 20.5 Å². The highest BCUT2D eigenvalue weighted by Crippen LogP contribution is 2.44. The number of rotatable bonds is 3. The van der Waals surface area contributed by atoms with Crippen molar-refractivity contribution in [2.45, 2.75) is 44.8 Å². The van der Waals surface area contributed by atoms with Crippen molar-refractivity contribution in [2.75, 3.05) is 6.54 Å². The first kappa shape index (κ1) is 18.6. The number of aromatic nitrogens is 1. The summed E-state index contributed by atoms with van der Waals surface area (Å²) in [6, 6.07) is 9.79. The van der Waals surface area contributed by atoms with Crippen LogP contribution in [0.25, 0.3) is 11.1 Å². The van der Waals surface area contributed by atoms with Gasteiger partial charge in [0.2, 0.25) is 0 Å². The number of benzene rings is 1. The van der Waals surface area contributed by atoms with Gasteiger partial charge >= 0.3 is 6.03 Å². The minimum absolute atomic E-state index is 0.0530. The fraction of sp³-hybridized carbons (Fsp3) is 0.455. The van der Waals surface area contributed by atoms with Crippen LogP contribution in [-0.4, -0.2) is 34.0 Å². The van der Waals surface area contributed by atoms with Crippen molar-refractivity contribution in [3.63, 3.8) is 0 Å². The molecule has 0 spiro atoms. The van der Waals surface area contributed by atoms with Crippen LogP contribution >= 0.6 is 11.6 Å². The molecule has 3 N–H and O–H groups in total. The van der Waals surface area contributed by atoms with E-state index in [1.165, 1.54) is 19.3 Å². The molecule has 3 amide bonds. The lowest BCUT2D eigenvalue weighted by Crippen LogP contribution is -2.49. The third-order valence-electron chi connectivity index (χ3n) is 6.88. The summed E-state index contributed by atoms with van der Waals surface area (Å²) >= 11 is 6.67. The van der Waals surface area contributed by atoms with Crippen molar-refractivity contribution in [3.05, 3.63) is 46.7 Å². The van der Waals surface area contributed by atoms with Gasteiger partial charge in [0.1, 0.15) is 5.15 Å². The van der Waals surface area contributed by atoms with Gasteiger partial charge in [0.15, 0.2) is 0 Å². The van der Waals surface area contributed by atoms with E-state index in [0.717, 1.165) is 23.6 Å². The molecule has 3 unspecified atom stereocenters. The molecular formula is C22H25ClN4O2. The minimum atomic E-state index is -0.519. The molecule has 0 saturated heterocycles. The van der Waals surface area contributed by atoms with E-state index < -0.39 is 5.91 Å². The number of carbonyl (C=O) groups excluding carboxylic acids is 2. The molecule has 2 aliphatic carbocycles. The van der Waals surface area contributed by atoms with Crippen LogP contribution in [0.15, 0.2) is 30.3 Å². The predicted octanol–water partition coefficient (Wildman–Crippen LogP) is 3.62. The van der Waals surface area contributed by atoms with Crippen LogP contribution in [0.3, 0.4) is 0 Å². The molecule has 29 heavy (non-hydrogen) atoms. The molecule has 2 bridgehead atoms. The molecule has 2 fully saturated rings. The molecule has 2 saturated carbocycles. The summed E-state index contributed by atoms with van der Waals surface area (Å²) in [6.07, 6.45) is 4.87. The first-order chi connectivity index (χ1) is 14.0. The number of hydrogen-bond donors (Lipinski definition) is 2. The van der Waals surface area contributed by atoms with E-state index >= 15 is 0 Å². The molecular weight excluding hydrogens is 388 g/mol. The molecule has 3 aliphatic rings. The third-order valence-corrected chi connectivity index (χ3v) is 7.28. The first-order valence-electron chi connectivity index (χ1n) is 10.3. The zero-order valence-electron chi connectivity index (χ0n) is 16.2. The normalized spacial score (nSPS) is 25.1. The Kier molecular flexibility index (Phi) is 4.54. The first-order valence-corrected chi connectivity index (χ1v) is 10.7. The fourth-order valence-corrected chi connectivity index (χ4v) is 5.88. The van der Waals surface area contributed by atoms with Gasteiger partial charge in [-0.2, -0.15) is 0 Å². The summed E-state index contributed by atoms with van der Waals surface area (Å²) in [5.41, 5.74) is 8.40. The predicted molar refractivity (Wildman–Crippen MR) is 112 cm³/mol. The Hall–Kier alpha value is -2.47. The maximum atomic E-state index is 12.9. The van der Waals surface area contributed by atoms with Gasteiger partial charge in [-0.05, 0) is 36.7 Å². The van der Waals surface area contributed by atoms with Crippen LogP contribution in [0.2, 0.25) is 5.15 Å². The maximum Gasteiger partial charge on any atom is 0.318 e. The van der Waals surface area contributed by atoms with Gasteiger partial charge in [0.25, 0.3) is 5.91 Å². The van der Waals surface area contributed by atoms with Gasteiger partial charge in [0.05, 0.1) is 17.8 Å². The van der Waals surface area contributed by atoms with Crippen molar-refractivity contribution in [1.29, 1.82) is 0 Å². The van der Waals surface area contributed by atoms with E-state index in [1.54, 1.807) is 4.90 Å². The van der Waals surface area contributed by atoms with Gasteiger partial charge in [-0.3, -0.25) is 4.79 Å². The Morgan fingerprint density at radius 2 is 1.90 bits per heavy atom. The third kappa shape index (κ3) is 3.10. The van der Waals surface area contributed by atoms with E-state index in [-0.39, 0.29) is 12.1 Å². The number of nitrogens with two attached hydrogens (primary N) is 1. The van der Waals surface area contributed by atoms with Crippen molar-refractivity contribution < 1.29 is 9.59 Å². The summed E-state index contributed by atoms with van der Waals surface area (Å²) in [4.78, 5) is 27.1. The van der Waals surface area contributed by atoms with E-state index in [2.05, 4.69) is 5.32 Å². The quantitative estimate of drug-likeness (QED) is 0.807. The fourth-order valence-electron chi connectivity index (χ4n) is 5.49. The van der Waals surface area contributed by atoms with Crippen LogP contribution in [0.1, 0.15) is 41.7 Å². The van der Waals surface area contributed by atoms with Crippen LogP contribution in [0.4, 0.5) is 4.79 Å². The molecule has 1 aromatic carbocycles. The van der Waals surface area contributed by atoms with Crippen molar-refractivity contribution in [3.8, 4) is 11.1 Å². The van der Waals surface area contributed by atoms with Crippen LogP contribution in [0, 0.1) is 11.8 Å². The Balaban J connectivity index is 1.42. The summed E-state index contributed by atoms with van der Waals surface area (Å²) < 4.78 is 1.92. The molecule has 3 atom stereocenters. The number of halogens is 1. The molecule has 6 nitrogen and oxygen atoms in total. The molecule has 7 heteroatoms. The largest absolute Gasteiger partial charge is 0.366 e. The van der Waals surface area contributed by atoms with Gasteiger partial charge in [-0.1, -0.05) is 48.4 Å². The molecule has 1 aliphatic heterocycles. The van der Waals surface area contributed by atoms with E-state index in [0.29, 0.717) is 41.8 Å². The van der Waals surface area contributed by atoms with E-state index in [4.69, 9.17) is 17.3 Å². The van der Waals surface area contributed by atoms with E-state index in [1.807, 2.05) is 34.9 Å². The zero-order valence-corrected chi connectivity index (χ0v) is 17.0. The number of urea groups is 1. The number of nitrogens with zero attached hydrogens (tertiary/aromatic N) is 2. The number of carbonyl (C=O) groups is 2. The average Bonchev–Trinajstić information content (AvgIpc) is 3.41. The second-order valence-corrected chi connectivity index (χ2v) is 8.88. The lowest BCUT2D eigenvalue weighted by atomic mass is 9.95. The lowest BCUT2D eigenvalue weighted by Gasteiger charge is -2.32. The minimum Gasteiger partial charge on any atom is -0.366 e. The Morgan fingerprint density at radius 1 is 1.10 bits per heavy atom. The second-order valence-electron chi connectivity index (χ2n) is 8.52. The Bertz CT molecular complexity index is 971. The van der Waals surface area contributed by atoms with Crippen LogP contribution in [-0.2, 0) is 13.1 Å². The van der Waals surface area contributed by atoms with Gasteiger partial charge in [-0.15, -0.1) is 0 Å². The smallest absolute Gasteiger partial charge is 0.318 e. The average molecular weight is 413 g/mol. The SMILES string of the molecule is NC(=O)c1c(-c2ccccc2)c(Cl)n2c1CN(C(=O)NC1CC3CCC1C3)CC2. The monoisotopic (exact) mass is 412 g/mol. The van der Waals surface area contributed by atoms with Gasteiger partial charge in [-0.25, -0.2) is 4.79 Å². The van der Waals surface area contributed by atoms with Crippen molar-refractivity contribution in [1.82, 2.24) is 14.8 Å². The number of primary amides is 1. The lowest BCUT2D eigenvalue weighted by molar-refractivity contribution is 0.0997. The van der Waals surface area contributed by atoms with Crippen LogP contribution < -0.4 is 11.1 Å². The summed E-state index contributed by atoms with van der Waals surface area (Å²) in [5, 5.41) is 3.75. The summed E-state index contributed by atoms with van der Waals surface area (Å²) in [6.45, 7) is 1.43. The molecule has 5 rings (SSSR count). The Morgan fingerprint density at radius 3 is 2.55 bits per heavy atom. The number of amides is 3. The van der Waals surface area contributed by atoms with E-state index in [9.17, 15) is 9.59 Å². The summed E-state index contributed by atoms with van der Waals surface area (Å²) in [7, 11) is 0. The standard InChI is InChI=1S/C22H25ClN4O2/c23-20-18(14-4-2-1-3-5-14)19(21(24)28)17-12-26(8-9-27(17)20)22(29)25-16-11-13-6-7-15(16)10-13/h1-5,13,15-16H,6-12H2,(H2,24,28)(H,25,29).